The zero-order valence-corrected chi connectivity index (χ0v) is 11.7. The molecule has 16 heavy (non-hydrogen) atoms. The minimum atomic E-state index is 0.708. The van der Waals surface area contributed by atoms with Crippen molar-refractivity contribution in [1.82, 2.24) is 0 Å². The molecule has 1 aliphatic heterocycles. The summed E-state index contributed by atoms with van der Waals surface area (Å²) in [6, 6.07) is 7.83. The SMILES string of the molecule is N#Cc1ccc(Br)c(CSC2=NCCS2)c1. The van der Waals surface area contributed by atoms with E-state index in [2.05, 4.69) is 27.0 Å². The third-order valence-corrected chi connectivity index (χ3v) is 5.16. The van der Waals surface area contributed by atoms with Crippen molar-refractivity contribution in [2.75, 3.05) is 12.3 Å². The number of rotatable bonds is 2. The molecule has 1 aromatic carbocycles. The minimum Gasteiger partial charge on any atom is -0.271 e. The van der Waals surface area contributed by atoms with Gasteiger partial charge in [0.2, 0.25) is 0 Å². The van der Waals surface area contributed by atoms with Gasteiger partial charge in [0.25, 0.3) is 0 Å². The first-order valence-electron chi connectivity index (χ1n) is 4.78. The summed E-state index contributed by atoms with van der Waals surface area (Å²) in [6.45, 7) is 0.937. The average Bonchev–Trinajstić information content (AvgIpc) is 2.81. The first kappa shape index (κ1) is 12.0. The largest absolute Gasteiger partial charge is 0.271 e. The second kappa shape index (κ2) is 5.76. The molecular weight excluding hydrogens is 304 g/mol. The standard InChI is InChI=1S/C11H9BrN2S2/c12-10-2-1-8(6-13)5-9(10)7-16-11-14-3-4-15-11/h1-2,5H,3-4,7H2. The Labute approximate surface area is 112 Å². The summed E-state index contributed by atoms with van der Waals surface area (Å²) in [5.74, 6) is 1.96. The van der Waals surface area contributed by atoms with Gasteiger partial charge >= 0.3 is 0 Å². The Kier molecular flexibility index (Phi) is 4.33. The number of thioether (sulfide) groups is 2. The summed E-state index contributed by atoms with van der Waals surface area (Å²) in [7, 11) is 0. The summed E-state index contributed by atoms with van der Waals surface area (Å²) in [6.07, 6.45) is 0. The van der Waals surface area contributed by atoms with Crippen molar-refractivity contribution in [3.8, 4) is 6.07 Å². The quantitative estimate of drug-likeness (QED) is 0.836. The normalized spacial score (nSPS) is 14.6. The van der Waals surface area contributed by atoms with Crippen LogP contribution in [0, 0.1) is 11.3 Å². The second-order valence-corrected chi connectivity index (χ2v) is 6.36. The van der Waals surface area contributed by atoms with Crippen molar-refractivity contribution in [2.45, 2.75) is 5.75 Å². The molecule has 1 aliphatic rings. The van der Waals surface area contributed by atoms with Gasteiger partial charge in [0.1, 0.15) is 4.38 Å². The molecule has 0 saturated heterocycles. The Morgan fingerprint density at radius 2 is 2.44 bits per heavy atom. The molecule has 0 atom stereocenters. The summed E-state index contributed by atoms with van der Waals surface area (Å²) in [5, 5.41) is 8.83. The Hall–Kier alpha value is -0.440. The zero-order chi connectivity index (χ0) is 11.4. The Morgan fingerprint density at radius 1 is 1.56 bits per heavy atom. The molecule has 0 amide bonds. The molecule has 0 bridgehead atoms. The molecule has 82 valence electrons. The Morgan fingerprint density at radius 3 is 3.12 bits per heavy atom. The van der Waals surface area contributed by atoms with Gasteiger partial charge in [-0.2, -0.15) is 5.26 Å². The highest BCUT2D eigenvalue weighted by Gasteiger charge is 2.09. The smallest absolute Gasteiger partial charge is 0.124 e. The predicted molar refractivity (Wildman–Crippen MR) is 74.9 cm³/mol. The average molecular weight is 313 g/mol. The van der Waals surface area contributed by atoms with Crippen LogP contribution in [-0.2, 0) is 5.75 Å². The van der Waals surface area contributed by atoms with Crippen molar-refractivity contribution >= 4 is 43.8 Å². The Bertz CT molecular complexity index is 466. The van der Waals surface area contributed by atoms with Crippen molar-refractivity contribution in [3.05, 3.63) is 33.8 Å². The van der Waals surface area contributed by atoms with Crippen LogP contribution in [0.4, 0.5) is 0 Å². The van der Waals surface area contributed by atoms with E-state index >= 15 is 0 Å². The lowest BCUT2D eigenvalue weighted by Gasteiger charge is -2.04. The number of hydrogen-bond donors (Lipinski definition) is 0. The van der Waals surface area contributed by atoms with Crippen LogP contribution in [0.25, 0.3) is 0 Å². The number of nitrogens with zero attached hydrogens (tertiary/aromatic N) is 2. The van der Waals surface area contributed by atoms with Gasteiger partial charge in [-0.3, -0.25) is 4.99 Å². The van der Waals surface area contributed by atoms with Crippen LogP contribution in [-0.4, -0.2) is 16.7 Å². The van der Waals surface area contributed by atoms with Crippen molar-refractivity contribution in [1.29, 1.82) is 5.26 Å². The maximum atomic E-state index is 8.83. The lowest BCUT2D eigenvalue weighted by atomic mass is 10.2. The molecule has 0 aromatic heterocycles. The van der Waals surface area contributed by atoms with Gasteiger partial charge in [0.15, 0.2) is 0 Å². The first-order valence-corrected chi connectivity index (χ1v) is 7.54. The summed E-state index contributed by atoms with van der Waals surface area (Å²) in [4.78, 5) is 4.39. The van der Waals surface area contributed by atoms with Crippen LogP contribution in [0.5, 0.6) is 0 Å². The van der Waals surface area contributed by atoms with Crippen LogP contribution < -0.4 is 0 Å². The molecule has 1 heterocycles. The minimum absolute atomic E-state index is 0.708. The van der Waals surface area contributed by atoms with Crippen molar-refractivity contribution < 1.29 is 0 Å². The number of halogens is 1. The van der Waals surface area contributed by atoms with Crippen LogP contribution in [0.15, 0.2) is 27.7 Å². The maximum Gasteiger partial charge on any atom is 0.124 e. The van der Waals surface area contributed by atoms with E-state index in [0.29, 0.717) is 5.56 Å². The van der Waals surface area contributed by atoms with Crippen molar-refractivity contribution in [2.24, 2.45) is 4.99 Å². The monoisotopic (exact) mass is 312 g/mol. The number of nitriles is 1. The van der Waals surface area contributed by atoms with E-state index in [4.69, 9.17) is 5.26 Å². The molecule has 0 radical (unpaired) electrons. The van der Waals surface area contributed by atoms with Gasteiger partial charge in [-0.1, -0.05) is 39.5 Å². The highest BCUT2D eigenvalue weighted by atomic mass is 79.9. The topological polar surface area (TPSA) is 36.1 Å². The third-order valence-electron chi connectivity index (χ3n) is 2.08. The first-order chi connectivity index (χ1) is 7.79. The highest BCUT2D eigenvalue weighted by Crippen LogP contribution is 2.28. The van der Waals surface area contributed by atoms with E-state index in [0.717, 1.165) is 32.5 Å². The van der Waals surface area contributed by atoms with Gasteiger partial charge in [0, 0.05) is 16.0 Å². The van der Waals surface area contributed by atoms with Gasteiger partial charge in [-0.25, -0.2) is 0 Å². The van der Waals surface area contributed by atoms with E-state index in [9.17, 15) is 0 Å². The molecule has 2 nitrogen and oxygen atoms in total. The molecule has 1 aromatic rings. The van der Waals surface area contributed by atoms with Crippen LogP contribution in [0.3, 0.4) is 0 Å². The van der Waals surface area contributed by atoms with Crippen LogP contribution in [0.1, 0.15) is 11.1 Å². The van der Waals surface area contributed by atoms with Gasteiger partial charge in [0.05, 0.1) is 18.2 Å². The predicted octanol–water partition coefficient (Wildman–Crippen LogP) is 3.66. The molecule has 0 aliphatic carbocycles. The number of benzene rings is 1. The van der Waals surface area contributed by atoms with E-state index < -0.39 is 0 Å². The third kappa shape index (κ3) is 3.03. The van der Waals surface area contributed by atoms with Gasteiger partial charge < -0.3 is 0 Å². The fraction of sp³-hybridized carbons (Fsp3) is 0.273. The fourth-order valence-corrected chi connectivity index (χ4v) is 3.87. The fourth-order valence-electron chi connectivity index (χ4n) is 1.30. The molecule has 0 N–H and O–H groups in total. The Balaban J connectivity index is 2.05. The van der Waals surface area contributed by atoms with E-state index in [-0.39, 0.29) is 0 Å². The van der Waals surface area contributed by atoms with E-state index in [1.54, 1.807) is 11.8 Å². The highest BCUT2D eigenvalue weighted by molar-refractivity contribution is 9.10. The van der Waals surface area contributed by atoms with Crippen molar-refractivity contribution in [3.63, 3.8) is 0 Å². The molecule has 0 unspecified atom stereocenters. The van der Waals surface area contributed by atoms with E-state index in [1.165, 1.54) is 0 Å². The molecule has 5 heteroatoms. The summed E-state index contributed by atoms with van der Waals surface area (Å²) < 4.78 is 2.22. The lowest BCUT2D eigenvalue weighted by Crippen LogP contribution is -1.88. The maximum absolute atomic E-state index is 8.83. The number of hydrogen-bond acceptors (Lipinski definition) is 4. The second-order valence-electron chi connectivity index (χ2n) is 3.20. The van der Waals surface area contributed by atoms with E-state index in [1.807, 2.05) is 30.0 Å². The van der Waals surface area contributed by atoms with Crippen LogP contribution in [0.2, 0.25) is 0 Å². The molecule has 0 saturated carbocycles. The molecule has 0 fully saturated rings. The lowest BCUT2D eigenvalue weighted by molar-refractivity contribution is 1.18. The molecule has 0 spiro atoms. The van der Waals surface area contributed by atoms with Crippen LogP contribution >= 0.6 is 39.5 Å². The molecular formula is C11H9BrN2S2. The number of aliphatic imine (C=N–C) groups is 1. The van der Waals surface area contributed by atoms with Gasteiger partial charge in [-0.05, 0) is 23.8 Å². The summed E-state index contributed by atoms with van der Waals surface area (Å²) >= 11 is 7.05. The molecule has 2 rings (SSSR count). The zero-order valence-electron chi connectivity index (χ0n) is 8.44. The summed E-state index contributed by atoms with van der Waals surface area (Å²) in [5.41, 5.74) is 1.86. The van der Waals surface area contributed by atoms with Gasteiger partial charge in [-0.15, -0.1) is 0 Å².